The van der Waals surface area contributed by atoms with Crippen LogP contribution in [0.25, 0.3) is 11.1 Å². The highest BCUT2D eigenvalue weighted by molar-refractivity contribution is 5.67. The van der Waals surface area contributed by atoms with E-state index in [1.807, 2.05) is 72.8 Å². The first-order valence-corrected chi connectivity index (χ1v) is 9.91. The van der Waals surface area contributed by atoms with Crippen LogP contribution in [-0.2, 0) is 0 Å². The quantitative estimate of drug-likeness (QED) is 0.336. The molecule has 0 spiro atoms. The van der Waals surface area contributed by atoms with Crippen LogP contribution in [0.1, 0.15) is 0 Å². The van der Waals surface area contributed by atoms with E-state index < -0.39 is 0 Å². The molecule has 6 heteroatoms. The van der Waals surface area contributed by atoms with Crippen molar-refractivity contribution in [3.63, 3.8) is 0 Å². The van der Waals surface area contributed by atoms with E-state index in [1.54, 1.807) is 38.5 Å². The molecule has 0 bridgehead atoms. The molecule has 4 aromatic carbocycles. The number of nitrogen functional groups attached to an aromatic ring is 4. The lowest BCUT2D eigenvalue weighted by Gasteiger charge is -2.02. The molecule has 0 fully saturated rings. The van der Waals surface area contributed by atoms with Gasteiger partial charge in [-0.05, 0) is 83.9 Å². The van der Waals surface area contributed by atoms with E-state index in [4.69, 9.17) is 32.4 Å². The summed E-state index contributed by atoms with van der Waals surface area (Å²) >= 11 is 0. The number of anilines is 4. The summed E-state index contributed by atoms with van der Waals surface area (Å²) in [4.78, 5) is 0. The summed E-state index contributed by atoms with van der Waals surface area (Å²) in [6, 6.07) is 30.1. The summed E-state index contributed by atoms with van der Waals surface area (Å²) in [6.45, 7) is 0. The summed E-state index contributed by atoms with van der Waals surface area (Å²) < 4.78 is 9.83. The number of rotatable bonds is 3. The molecule has 8 N–H and O–H groups in total. The highest BCUT2D eigenvalue weighted by atomic mass is 16.5. The Morgan fingerprint density at radius 1 is 0.375 bits per heavy atom. The van der Waals surface area contributed by atoms with Crippen LogP contribution in [-0.4, -0.2) is 14.2 Å². The number of benzene rings is 4. The van der Waals surface area contributed by atoms with E-state index >= 15 is 0 Å². The van der Waals surface area contributed by atoms with Gasteiger partial charge >= 0.3 is 0 Å². The molecule has 0 heterocycles. The minimum absolute atomic E-state index is 0.760. The van der Waals surface area contributed by atoms with Crippen LogP contribution in [0.2, 0.25) is 0 Å². The molecule has 6 nitrogen and oxygen atoms in total. The molecule has 32 heavy (non-hydrogen) atoms. The Morgan fingerprint density at radius 3 is 0.812 bits per heavy atom. The van der Waals surface area contributed by atoms with Crippen LogP contribution in [0.15, 0.2) is 97.1 Å². The fourth-order valence-electron chi connectivity index (χ4n) is 2.56. The molecule has 0 aliphatic rings. The maximum Gasteiger partial charge on any atom is 0.119 e. The SMILES string of the molecule is COc1ccc(N)cc1.COc1ccc(N)cc1.Nc1ccc(-c2ccc(N)cc2)cc1. The van der Waals surface area contributed by atoms with Gasteiger partial charge < -0.3 is 32.4 Å². The predicted molar refractivity (Wildman–Crippen MR) is 136 cm³/mol. The van der Waals surface area contributed by atoms with Crippen LogP contribution in [0.4, 0.5) is 22.7 Å². The smallest absolute Gasteiger partial charge is 0.119 e. The van der Waals surface area contributed by atoms with E-state index in [9.17, 15) is 0 Å². The molecule has 0 aliphatic carbocycles. The van der Waals surface area contributed by atoms with Gasteiger partial charge in [-0.3, -0.25) is 0 Å². The van der Waals surface area contributed by atoms with Gasteiger partial charge in [0.15, 0.2) is 0 Å². The Bertz CT molecular complexity index is 958. The van der Waals surface area contributed by atoms with Crippen LogP contribution >= 0.6 is 0 Å². The topological polar surface area (TPSA) is 123 Å². The molecule has 4 aromatic rings. The van der Waals surface area contributed by atoms with Gasteiger partial charge in [0.1, 0.15) is 11.5 Å². The van der Waals surface area contributed by atoms with E-state index in [-0.39, 0.29) is 0 Å². The Labute approximate surface area is 189 Å². The number of nitrogens with two attached hydrogens (primary N) is 4. The van der Waals surface area contributed by atoms with Crippen molar-refractivity contribution in [2.75, 3.05) is 37.2 Å². The minimum atomic E-state index is 0.760. The van der Waals surface area contributed by atoms with Crippen molar-refractivity contribution in [1.29, 1.82) is 0 Å². The molecule has 0 saturated heterocycles. The van der Waals surface area contributed by atoms with Gasteiger partial charge in [-0.15, -0.1) is 0 Å². The monoisotopic (exact) mass is 430 g/mol. The molecule has 0 unspecified atom stereocenters. The van der Waals surface area contributed by atoms with Crippen LogP contribution < -0.4 is 32.4 Å². The molecule has 0 aromatic heterocycles. The summed E-state index contributed by atoms with van der Waals surface area (Å²) in [5.74, 6) is 1.67. The van der Waals surface area contributed by atoms with Crippen molar-refractivity contribution >= 4 is 22.7 Å². The molecule has 166 valence electrons. The normalized spacial score (nSPS) is 9.44. The van der Waals surface area contributed by atoms with Crippen molar-refractivity contribution in [3.8, 4) is 22.6 Å². The van der Waals surface area contributed by atoms with Gasteiger partial charge in [0.25, 0.3) is 0 Å². The van der Waals surface area contributed by atoms with Crippen molar-refractivity contribution < 1.29 is 9.47 Å². The van der Waals surface area contributed by atoms with Crippen molar-refractivity contribution in [1.82, 2.24) is 0 Å². The zero-order chi connectivity index (χ0) is 23.3. The minimum Gasteiger partial charge on any atom is -0.497 e. The van der Waals surface area contributed by atoms with Crippen LogP contribution in [0.3, 0.4) is 0 Å². The number of ether oxygens (including phenoxy) is 2. The average Bonchev–Trinajstić information content (AvgIpc) is 2.82. The maximum absolute atomic E-state index is 5.61. The standard InChI is InChI=1S/C12H12N2.2C7H9NO/c13-11-5-1-9(2-6-11)10-3-7-12(14)8-4-10;2*1-9-7-4-2-6(8)3-5-7/h1-8H,13-14H2;2*2-5H,8H2,1H3. The summed E-state index contributed by atoms with van der Waals surface area (Å²) in [7, 11) is 3.26. The van der Waals surface area contributed by atoms with Gasteiger partial charge in [0, 0.05) is 22.7 Å². The third-order valence-electron chi connectivity index (χ3n) is 4.39. The summed E-state index contributed by atoms with van der Waals surface area (Å²) in [5, 5.41) is 0. The van der Waals surface area contributed by atoms with Gasteiger partial charge in [-0.25, -0.2) is 0 Å². The molecule has 0 radical (unpaired) electrons. The van der Waals surface area contributed by atoms with E-state index in [1.165, 1.54) is 0 Å². The van der Waals surface area contributed by atoms with Gasteiger partial charge in [0.05, 0.1) is 14.2 Å². The Morgan fingerprint density at radius 2 is 0.594 bits per heavy atom. The number of hydrogen-bond acceptors (Lipinski definition) is 6. The average molecular weight is 431 g/mol. The summed E-state index contributed by atoms with van der Waals surface area (Å²) in [6.07, 6.45) is 0. The van der Waals surface area contributed by atoms with Gasteiger partial charge in [0.2, 0.25) is 0 Å². The fourth-order valence-corrected chi connectivity index (χ4v) is 2.56. The zero-order valence-corrected chi connectivity index (χ0v) is 18.4. The van der Waals surface area contributed by atoms with Crippen molar-refractivity contribution in [2.24, 2.45) is 0 Å². The van der Waals surface area contributed by atoms with Crippen molar-refractivity contribution in [3.05, 3.63) is 97.1 Å². The largest absolute Gasteiger partial charge is 0.497 e. The third kappa shape index (κ3) is 8.20. The highest BCUT2D eigenvalue weighted by Crippen LogP contribution is 2.21. The molecule has 0 saturated carbocycles. The Balaban J connectivity index is 0.000000178. The first-order valence-electron chi connectivity index (χ1n) is 9.91. The van der Waals surface area contributed by atoms with Crippen LogP contribution in [0.5, 0.6) is 11.5 Å². The van der Waals surface area contributed by atoms with E-state index in [0.717, 1.165) is 45.4 Å². The molecular formula is C26H30N4O2. The van der Waals surface area contributed by atoms with Crippen LogP contribution in [0, 0.1) is 0 Å². The molecule has 0 aliphatic heterocycles. The second-order valence-corrected chi connectivity index (χ2v) is 6.79. The lowest BCUT2D eigenvalue weighted by Crippen LogP contribution is -1.85. The highest BCUT2D eigenvalue weighted by Gasteiger charge is 1.96. The number of methoxy groups -OCH3 is 2. The number of hydrogen-bond donors (Lipinski definition) is 4. The first-order chi connectivity index (χ1) is 15.4. The Hall–Kier alpha value is -4.32. The second kappa shape index (κ2) is 12.4. The lowest BCUT2D eigenvalue weighted by molar-refractivity contribution is 0.415. The van der Waals surface area contributed by atoms with Gasteiger partial charge in [-0.1, -0.05) is 24.3 Å². The predicted octanol–water partition coefficient (Wildman–Crippen LogP) is 5.07. The molecule has 4 rings (SSSR count). The fraction of sp³-hybridized carbons (Fsp3) is 0.0769. The first kappa shape index (κ1) is 24.0. The molecule has 0 amide bonds. The van der Waals surface area contributed by atoms with Crippen molar-refractivity contribution in [2.45, 2.75) is 0 Å². The Kier molecular flexibility index (Phi) is 9.28. The third-order valence-corrected chi connectivity index (χ3v) is 4.39. The maximum atomic E-state index is 5.61. The molecular weight excluding hydrogens is 400 g/mol. The lowest BCUT2D eigenvalue weighted by atomic mass is 10.1. The van der Waals surface area contributed by atoms with E-state index in [0.29, 0.717) is 0 Å². The van der Waals surface area contributed by atoms with E-state index in [2.05, 4.69) is 0 Å². The zero-order valence-electron chi connectivity index (χ0n) is 18.4. The second-order valence-electron chi connectivity index (χ2n) is 6.79. The van der Waals surface area contributed by atoms with Gasteiger partial charge in [-0.2, -0.15) is 0 Å². The molecule has 0 atom stereocenters. The summed E-state index contributed by atoms with van der Waals surface area (Å²) in [5.41, 5.74) is 27.5.